The molecule has 2 rings (SSSR count). The summed E-state index contributed by atoms with van der Waals surface area (Å²) in [5.41, 5.74) is 0.602. The first-order valence-corrected chi connectivity index (χ1v) is 7.22. The molecule has 0 heterocycles. The van der Waals surface area contributed by atoms with Crippen LogP contribution in [0.4, 0.5) is 5.69 Å². The maximum atomic E-state index is 12.1. The van der Waals surface area contributed by atoms with Gasteiger partial charge in [-0.05, 0) is 52.3 Å². The highest BCUT2D eigenvalue weighted by atomic mass is 79.9. The molecule has 1 amide bonds. The van der Waals surface area contributed by atoms with Gasteiger partial charge in [0.2, 0.25) is 0 Å². The van der Waals surface area contributed by atoms with Crippen molar-refractivity contribution in [3.63, 3.8) is 0 Å². The Morgan fingerprint density at radius 2 is 1.76 bits per heavy atom. The number of rotatable bonds is 3. The van der Waals surface area contributed by atoms with Crippen LogP contribution in [0, 0.1) is 0 Å². The standard InChI is InChI=1S/C14H8BrCl2NO3/c15-11-3-2-8(6-9(11)14(20)21)18-13(19)10-5-7(16)1-4-12(10)17/h1-6H,(H,18,19)(H,20,21). The van der Waals surface area contributed by atoms with Crippen LogP contribution >= 0.6 is 39.1 Å². The van der Waals surface area contributed by atoms with E-state index in [1.54, 1.807) is 18.2 Å². The van der Waals surface area contributed by atoms with Crippen LogP contribution in [0.2, 0.25) is 10.0 Å². The van der Waals surface area contributed by atoms with Gasteiger partial charge in [-0.1, -0.05) is 23.2 Å². The van der Waals surface area contributed by atoms with Crippen molar-refractivity contribution in [3.05, 3.63) is 62.0 Å². The molecule has 108 valence electrons. The lowest BCUT2D eigenvalue weighted by Gasteiger charge is -2.08. The number of carbonyl (C=O) groups is 2. The average Bonchev–Trinajstić information content (AvgIpc) is 2.43. The van der Waals surface area contributed by atoms with Gasteiger partial charge in [-0.15, -0.1) is 0 Å². The molecule has 0 atom stereocenters. The first-order chi connectivity index (χ1) is 9.88. The van der Waals surface area contributed by atoms with Crippen LogP contribution in [-0.2, 0) is 0 Å². The molecule has 7 heteroatoms. The highest BCUT2D eigenvalue weighted by Gasteiger charge is 2.14. The topological polar surface area (TPSA) is 66.4 Å². The summed E-state index contributed by atoms with van der Waals surface area (Å²) in [6, 6.07) is 9.00. The number of carboxylic acid groups (broad SMARTS) is 1. The first-order valence-electron chi connectivity index (χ1n) is 5.67. The second-order valence-corrected chi connectivity index (χ2v) is 5.78. The number of carboxylic acids is 1. The Morgan fingerprint density at radius 1 is 1.05 bits per heavy atom. The van der Waals surface area contributed by atoms with Gasteiger partial charge in [0.25, 0.3) is 5.91 Å². The number of hydrogen-bond acceptors (Lipinski definition) is 2. The minimum atomic E-state index is -1.10. The number of anilines is 1. The Hall–Kier alpha value is -1.56. The molecule has 4 nitrogen and oxygen atoms in total. The molecule has 0 aliphatic rings. The Labute approximate surface area is 138 Å². The van der Waals surface area contributed by atoms with E-state index in [0.717, 1.165) is 0 Å². The smallest absolute Gasteiger partial charge is 0.336 e. The molecule has 0 aliphatic heterocycles. The molecule has 0 aromatic heterocycles. The molecule has 2 aromatic carbocycles. The van der Waals surface area contributed by atoms with Gasteiger partial charge in [0.15, 0.2) is 0 Å². The quantitative estimate of drug-likeness (QED) is 0.800. The molecule has 21 heavy (non-hydrogen) atoms. The van der Waals surface area contributed by atoms with E-state index in [0.29, 0.717) is 15.2 Å². The second-order valence-electron chi connectivity index (χ2n) is 4.08. The zero-order valence-electron chi connectivity index (χ0n) is 10.4. The number of halogens is 3. The summed E-state index contributed by atoms with van der Waals surface area (Å²) in [5, 5.41) is 12.3. The average molecular weight is 389 g/mol. The van der Waals surface area contributed by atoms with Gasteiger partial charge in [-0.3, -0.25) is 4.79 Å². The van der Waals surface area contributed by atoms with Crippen molar-refractivity contribution < 1.29 is 14.7 Å². The lowest BCUT2D eigenvalue weighted by Crippen LogP contribution is -2.13. The van der Waals surface area contributed by atoms with Gasteiger partial charge in [0.1, 0.15) is 0 Å². The number of carbonyl (C=O) groups excluding carboxylic acids is 1. The van der Waals surface area contributed by atoms with Gasteiger partial charge in [-0.2, -0.15) is 0 Å². The first kappa shape index (κ1) is 15.8. The van der Waals surface area contributed by atoms with E-state index in [2.05, 4.69) is 21.2 Å². The van der Waals surface area contributed by atoms with Crippen molar-refractivity contribution in [2.45, 2.75) is 0 Å². The molecule has 0 saturated heterocycles. The third kappa shape index (κ3) is 3.75. The van der Waals surface area contributed by atoms with Crippen molar-refractivity contribution in [2.75, 3.05) is 5.32 Å². The fourth-order valence-electron chi connectivity index (χ4n) is 1.64. The van der Waals surface area contributed by atoms with Crippen LogP contribution in [0.15, 0.2) is 40.9 Å². The Balaban J connectivity index is 2.29. The normalized spacial score (nSPS) is 10.2. The molecule has 0 aliphatic carbocycles. The largest absolute Gasteiger partial charge is 0.478 e. The summed E-state index contributed by atoms with van der Waals surface area (Å²) in [5.74, 6) is -1.57. The Morgan fingerprint density at radius 3 is 2.43 bits per heavy atom. The Bertz CT molecular complexity index is 734. The van der Waals surface area contributed by atoms with Gasteiger partial charge < -0.3 is 10.4 Å². The fourth-order valence-corrected chi connectivity index (χ4v) is 2.43. The minimum absolute atomic E-state index is 0.0463. The summed E-state index contributed by atoms with van der Waals surface area (Å²) in [6.45, 7) is 0. The number of benzene rings is 2. The van der Waals surface area contributed by atoms with Crippen molar-refractivity contribution in [1.82, 2.24) is 0 Å². The third-order valence-corrected chi connectivity index (χ3v) is 3.88. The molecule has 0 unspecified atom stereocenters. The Kier molecular flexibility index (Phi) is 4.88. The van der Waals surface area contributed by atoms with E-state index in [9.17, 15) is 9.59 Å². The van der Waals surface area contributed by atoms with Gasteiger partial charge in [0.05, 0.1) is 16.1 Å². The predicted molar refractivity (Wildman–Crippen MR) is 85.5 cm³/mol. The lowest BCUT2D eigenvalue weighted by molar-refractivity contribution is 0.0695. The number of hydrogen-bond donors (Lipinski definition) is 2. The van der Waals surface area contributed by atoms with Crippen molar-refractivity contribution in [2.24, 2.45) is 0 Å². The van der Waals surface area contributed by atoms with Crippen LogP contribution < -0.4 is 5.32 Å². The summed E-state index contributed by atoms with van der Waals surface area (Å²) in [6.07, 6.45) is 0. The van der Waals surface area contributed by atoms with E-state index in [-0.39, 0.29) is 16.1 Å². The zero-order valence-corrected chi connectivity index (χ0v) is 13.5. The maximum Gasteiger partial charge on any atom is 0.336 e. The molecular weight excluding hydrogens is 381 g/mol. The number of amides is 1. The molecule has 0 saturated carbocycles. The van der Waals surface area contributed by atoms with E-state index in [4.69, 9.17) is 28.3 Å². The van der Waals surface area contributed by atoms with E-state index < -0.39 is 11.9 Å². The van der Waals surface area contributed by atoms with Crippen LogP contribution in [0.25, 0.3) is 0 Å². The third-order valence-electron chi connectivity index (χ3n) is 2.63. The predicted octanol–water partition coefficient (Wildman–Crippen LogP) is 4.71. The molecule has 0 radical (unpaired) electrons. The molecular formula is C14H8BrCl2NO3. The number of aromatic carboxylic acids is 1. The van der Waals surface area contributed by atoms with Crippen LogP contribution in [0.5, 0.6) is 0 Å². The SMILES string of the molecule is O=C(Nc1ccc(Br)c(C(=O)O)c1)c1cc(Cl)ccc1Cl. The number of nitrogens with one attached hydrogen (secondary N) is 1. The molecule has 0 bridgehead atoms. The second kappa shape index (κ2) is 6.47. The summed E-state index contributed by atoms with van der Waals surface area (Å²) in [4.78, 5) is 23.2. The van der Waals surface area contributed by atoms with Crippen molar-refractivity contribution in [3.8, 4) is 0 Å². The monoisotopic (exact) mass is 387 g/mol. The van der Waals surface area contributed by atoms with Gasteiger partial charge in [-0.25, -0.2) is 4.79 Å². The van der Waals surface area contributed by atoms with Crippen molar-refractivity contribution >= 4 is 56.7 Å². The minimum Gasteiger partial charge on any atom is -0.478 e. The van der Waals surface area contributed by atoms with Crippen LogP contribution in [0.1, 0.15) is 20.7 Å². The summed E-state index contributed by atoms with van der Waals surface area (Å²) in [7, 11) is 0. The highest BCUT2D eigenvalue weighted by molar-refractivity contribution is 9.10. The molecule has 2 aromatic rings. The molecule has 2 N–H and O–H groups in total. The van der Waals surface area contributed by atoms with Crippen molar-refractivity contribution in [1.29, 1.82) is 0 Å². The zero-order chi connectivity index (χ0) is 15.6. The highest BCUT2D eigenvalue weighted by Crippen LogP contribution is 2.24. The maximum absolute atomic E-state index is 12.1. The fraction of sp³-hybridized carbons (Fsp3) is 0. The molecule has 0 spiro atoms. The van der Waals surface area contributed by atoms with Crippen LogP contribution in [0.3, 0.4) is 0 Å². The lowest BCUT2D eigenvalue weighted by atomic mass is 10.1. The van der Waals surface area contributed by atoms with E-state index in [1.807, 2.05) is 0 Å². The summed E-state index contributed by atoms with van der Waals surface area (Å²) >= 11 is 14.9. The van der Waals surface area contributed by atoms with E-state index >= 15 is 0 Å². The summed E-state index contributed by atoms with van der Waals surface area (Å²) < 4.78 is 0.425. The van der Waals surface area contributed by atoms with Crippen LogP contribution in [-0.4, -0.2) is 17.0 Å². The van der Waals surface area contributed by atoms with Gasteiger partial charge in [0, 0.05) is 15.2 Å². The molecule has 0 fully saturated rings. The van der Waals surface area contributed by atoms with E-state index in [1.165, 1.54) is 18.2 Å². The van der Waals surface area contributed by atoms with Gasteiger partial charge >= 0.3 is 5.97 Å².